The van der Waals surface area contributed by atoms with Crippen LogP contribution in [0.5, 0.6) is 0 Å². The Morgan fingerprint density at radius 1 is 1.11 bits per heavy atom. The number of rotatable bonds is 0. The molecular formula is C6H4BrFZn. The largest absolute Gasteiger partial charge is 1.00 e. The molecule has 44 valence electrons. The van der Waals surface area contributed by atoms with Gasteiger partial charge in [-0.3, -0.25) is 0 Å². The average molecular weight is 240 g/mol. The third kappa shape index (κ3) is 3.07. The molecule has 0 aliphatic carbocycles. The standard InChI is InChI=1S/C6H4F.BrH.Zn/c7-6-4-2-1-3-5-6;;/h2-5H;1H;/q;;+1/p-1. The van der Waals surface area contributed by atoms with Crippen molar-refractivity contribution in [1.29, 1.82) is 0 Å². The van der Waals surface area contributed by atoms with E-state index in [0.717, 1.165) is 18.3 Å². The Hall–Kier alpha value is 0.253. The molecule has 0 unspecified atom stereocenters. The van der Waals surface area contributed by atoms with Crippen molar-refractivity contribution in [3.63, 3.8) is 0 Å². The van der Waals surface area contributed by atoms with Gasteiger partial charge in [0.2, 0.25) is 0 Å². The van der Waals surface area contributed by atoms with Crippen molar-refractivity contribution < 1.29 is 39.7 Å². The molecule has 0 saturated carbocycles. The first-order chi connectivity index (χ1) is 3.79. The van der Waals surface area contributed by atoms with Crippen LogP contribution in [0.1, 0.15) is 0 Å². The number of hydrogen-bond donors (Lipinski definition) is 0. The van der Waals surface area contributed by atoms with E-state index in [4.69, 9.17) is 0 Å². The van der Waals surface area contributed by atoms with E-state index in [1.807, 2.05) is 0 Å². The van der Waals surface area contributed by atoms with Crippen molar-refractivity contribution in [2.24, 2.45) is 0 Å². The van der Waals surface area contributed by atoms with Crippen LogP contribution in [0.15, 0.2) is 24.3 Å². The molecular weight excluding hydrogens is 236 g/mol. The molecule has 0 heterocycles. The molecule has 0 atom stereocenters. The predicted molar refractivity (Wildman–Crippen MR) is 26.0 cm³/mol. The maximum atomic E-state index is 12.1. The van der Waals surface area contributed by atoms with Gasteiger partial charge in [-0.2, -0.15) is 0 Å². The zero-order valence-electron chi connectivity index (χ0n) is 4.77. The van der Waals surface area contributed by atoms with E-state index in [2.05, 4.69) is 0 Å². The normalized spacial score (nSPS) is 8.33. The predicted octanol–water partition coefficient (Wildman–Crippen LogP) is -2.00. The van der Waals surface area contributed by atoms with E-state index in [0.29, 0.717) is 0 Å². The van der Waals surface area contributed by atoms with Crippen LogP contribution < -0.4 is 21.1 Å². The summed E-state index contributed by atoms with van der Waals surface area (Å²) < 4.78 is 13.3. The van der Waals surface area contributed by atoms with Gasteiger partial charge in [0, 0.05) is 0 Å². The monoisotopic (exact) mass is 238 g/mol. The van der Waals surface area contributed by atoms with Crippen LogP contribution in [0.4, 0.5) is 4.39 Å². The van der Waals surface area contributed by atoms with Crippen molar-refractivity contribution in [1.82, 2.24) is 0 Å². The van der Waals surface area contributed by atoms with Crippen molar-refractivity contribution in [3.05, 3.63) is 30.1 Å². The van der Waals surface area contributed by atoms with Crippen molar-refractivity contribution in [2.75, 3.05) is 0 Å². The maximum absolute atomic E-state index is 12.1. The second-order valence-corrected chi connectivity index (χ2v) is 3.34. The smallest absolute Gasteiger partial charge is 1.00 e. The Balaban J connectivity index is 0.000000640. The van der Waals surface area contributed by atoms with Crippen LogP contribution in [-0.4, -0.2) is 0 Å². The van der Waals surface area contributed by atoms with Crippen LogP contribution in [0.25, 0.3) is 0 Å². The Kier molecular flexibility index (Phi) is 4.25. The Bertz CT molecular complexity index is 152. The van der Waals surface area contributed by atoms with Gasteiger partial charge in [-0.25, -0.2) is 0 Å². The molecule has 0 fully saturated rings. The Morgan fingerprint density at radius 2 is 1.56 bits per heavy atom. The average Bonchev–Trinajstić information content (AvgIpc) is 1.77. The van der Waals surface area contributed by atoms with Crippen molar-refractivity contribution >= 4 is 4.16 Å². The minimum atomic E-state index is -0.151. The van der Waals surface area contributed by atoms with Crippen LogP contribution in [-0.2, 0) is 18.3 Å². The fourth-order valence-corrected chi connectivity index (χ4v) is 0.979. The molecule has 0 aliphatic rings. The van der Waals surface area contributed by atoms with E-state index < -0.39 is 0 Å². The van der Waals surface area contributed by atoms with Crippen LogP contribution in [0, 0.1) is 5.82 Å². The maximum Gasteiger partial charge on any atom is -1.00 e. The van der Waals surface area contributed by atoms with Crippen molar-refractivity contribution in [2.45, 2.75) is 0 Å². The first kappa shape index (κ1) is 9.25. The summed E-state index contributed by atoms with van der Waals surface area (Å²) in [4.78, 5) is 0. The zero-order chi connectivity index (χ0) is 5.98. The van der Waals surface area contributed by atoms with E-state index in [9.17, 15) is 4.39 Å². The summed E-state index contributed by atoms with van der Waals surface area (Å²) in [5.74, 6) is -0.151. The summed E-state index contributed by atoms with van der Waals surface area (Å²) in [6.45, 7) is 0. The molecule has 3 heteroatoms. The third-order valence-corrected chi connectivity index (χ3v) is 1.90. The molecule has 0 N–H and O–H groups in total. The summed E-state index contributed by atoms with van der Waals surface area (Å²) in [5.41, 5.74) is 0. The molecule has 0 aliphatic heterocycles. The summed E-state index contributed by atoms with van der Waals surface area (Å²) in [6.07, 6.45) is 0. The van der Waals surface area contributed by atoms with Gasteiger partial charge in [0.25, 0.3) is 0 Å². The number of hydrogen-bond acceptors (Lipinski definition) is 0. The van der Waals surface area contributed by atoms with Gasteiger partial charge in [0.1, 0.15) is 0 Å². The van der Waals surface area contributed by atoms with Crippen LogP contribution >= 0.6 is 0 Å². The second kappa shape index (κ2) is 4.13. The van der Waals surface area contributed by atoms with Crippen LogP contribution in [0.3, 0.4) is 0 Å². The van der Waals surface area contributed by atoms with Gasteiger partial charge in [-0.1, -0.05) is 0 Å². The molecule has 0 aromatic heterocycles. The quantitative estimate of drug-likeness (QED) is 0.460. The van der Waals surface area contributed by atoms with E-state index in [1.165, 1.54) is 16.3 Å². The third-order valence-electron chi connectivity index (χ3n) is 0.913. The number of halogens is 2. The summed E-state index contributed by atoms with van der Waals surface area (Å²) >= 11 is 1.10. The van der Waals surface area contributed by atoms with E-state index in [1.54, 1.807) is 12.1 Å². The summed E-state index contributed by atoms with van der Waals surface area (Å²) in [5, 5.41) is 0. The van der Waals surface area contributed by atoms with E-state index >= 15 is 0 Å². The van der Waals surface area contributed by atoms with Gasteiger partial charge in [0.05, 0.1) is 0 Å². The fourth-order valence-electron chi connectivity index (χ4n) is 0.484. The van der Waals surface area contributed by atoms with E-state index in [-0.39, 0.29) is 22.8 Å². The summed E-state index contributed by atoms with van der Waals surface area (Å²) in [6, 6.07) is 6.57. The molecule has 1 rings (SSSR count). The van der Waals surface area contributed by atoms with Gasteiger partial charge < -0.3 is 17.0 Å². The molecule has 0 amide bonds. The van der Waals surface area contributed by atoms with Crippen molar-refractivity contribution in [3.8, 4) is 0 Å². The van der Waals surface area contributed by atoms with Gasteiger partial charge in [-0.15, -0.1) is 0 Å². The van der Waals surface area contributed by atoms with Gasteiger partial charge in [-0.05, 0) is 0 Å². The topological polar surface area (TPSA) is 0 Å². The minimum absolute atomic E-state index is 0. The molecule has 0 nitrogen and oxygen atoms in total. The SMILES string of the molecule is Fc1cc[c]([Zn+])cc1.[Br-]. The first-order valence-electron chi connectivity index (χ1n) is 2.36. The Morgan fingerprint density at radius 3 is 1.89 bits per heavy atom. The molecule has 1 aromatic rings. The molecule has 1 aromatic carbocycles. The second-order valence-electron chi connectivity index (χ2n) is 1.63. The summed E-state index contributed by atoms with van der Waals surface area (Å²) in [7, 11) is 0. The fraction of sp³-hybridized carbons (Fsp3) is 0. The van der Waals surface area contributed by atoms with Gasteiger partial charge >= 0.3 is 56.9 Å². The molecule has 0 bridgehead atoms. The molecule has 9 heavy (non-hydrogen) atoms. The van der Waals surface area contributed by atoms with Crippen LogP contribution in [0.2, 0.25) is 0 Å². The number of benzene rings is 1. The molecule has 0 saturated heterocycles. The Labute approximate surface area is 73.9 Å². The molecule has 0 spiro atoms. The minimum Gasteiger partial charge on any atom is -1.00 e. The first-order valence-corrected chi connectivity index (χ1v) is 3.85. The molecule has 0 radical (unpaired) electrons. The zero-order valence-corrected chi connectivity index (χ0v) is 9.33. The van der Waals surface area contributed by atoms with Gasteiger partial charge in [0.15, 0.2) is 0 Å².